The molecule has 7 heteroatoms. The highest BCUT2D eigenvalue weighted by Crippen LogP contribution is 2.21. The molecule has 1 saturated heterocycles. The molecule has 0 atom stereocenters. The van der Waals surface area contributed by atoms with E-state index in [0.717, 1.165) is 26.1 Å². The van der Waals surface area contributed by atoms with Crippen molar-refractivity contribution in [1.82, 2.24) is 9.78 Å². The number of aromatic nitrogens is 2. The van der Waals surface area contributed by atoms with Gasteiger partial charge in [0.05, 0.1) is 23.7 Å². The summed E-state index contributed by atoms with van der Waals surface area (Å²) in [5.41, 5.74) is 0.537. The number of ether oxygens (including phenoxy) is 1. The first-order chi connectivity index (χ1) is 8.61. The van der Waals surface area contributed by atoms with Crippen LogP contribution in [0.15, 0.2) is 12.4 Å². The van der Waals surface area contributed by atoms with E-state index in [9.17, 15) is 8.42 Å². The Morgan fingerprint density at radius 3 is 2.89 bits per heavy atom. The summed E-state index contributed by atoms with van der Waals surface area (Å²) < 4.78 is 32.9. The third-order valence-electron chi connectivity index (χ3n) is 2.91. The number of sulfonamides is 1. The van der Waals surface area contributed by atoms with E-state index in [1.807, 2.05) is 11.6 Å². The van der Waals surface area contributed by atoms with E-state index in [1.54, 1.807) is 12.4 Å². The molecule has 0 amide bonds. The minimum Gasteiger partial charge on any atom is -0.381 e. The molecule has 6 nitrogen and oxygen atoms in total. The average Bonchev–Trinajstić information content (AvgIpc) is 2.77. The van der Waals surface area contributed by atoms with Gasteiger partial charge < -0.3 is 4.74 Å². The Morgan fingerprint density at radius 1 is 1.50 bits per heavy atom. The van der Waals surface area contributed by atoms with Crippen molar-refractivity contribution in [2.24, 2.45) is 0 Å². The lowest BCUT2D eigenvalue weighted by molar-refractivity contribution is 0.0662. The lowest BCUT2D eigenvalue weighted by atomic mass is 10.1. The predicted octanol–water partition coefficient (Wildman–Crippen LogP) is 1.39. The zero-order valence-electron chi connectivity index (χ0n) is 10.5. The molecule has 1 aliphatic rings. The average molecular weight is 273 g/mol. The number of rotatable bonds is 5. The van der Waals surface area contributed by atoms with Crippen LogP contribution in [-0.4, -0.2) is 37.2 Å². The Bertz CT molecular complexity index is 477. The number of anilines is 1. The van der Waals surface area contributed by atoms with Gasteiger partial charge in [-0.15, -0.1) is 0 Å². The fourth-order valence-electron chi connectivity index (χ4n) is 2.04. The molecule has 0 aliphatic carbocycles. The van der Waals surface area contributed by atoms with Crippen LogP contribution in [0.25, 0.3) is 0 Å². The van der Waals surface area contributed by atoms with Gasteiger partial charge in [-0.2, -0.15) is 5.10 Å². The molecule has 18 heavy (non-hydrogen) atoms. The molecule has 2 rings (SSSR count). The van der Waals surface area contributed by atoms with E-state index in [2.05, 4.69) is 9.82 Å². The summed E-state index contributed by atoms with van der Waals surface area (Å²) in [7, 11) is -3.23. The first kappa shape index (κ1) is 13.4. The predicted molar refractivity (Wildman–Crippen MR) is 69.0 cm³/mol. The van der Waals surface area contributed by atoms with Crippen LogP contribution < -0.4 is 4.72 Å². The Kier molecular flexibility index (Phi) is 4.23. The fourth-order valence-corrected chi connectivity index (χ4v) is 3.14. The van der Waals surface area contributed by atoms with Crippen LogP contribution in [-0.2, 0) is 14.8 Å². The van der Waals surface area contributed by atoms with Crippen molar-refractivity contribution in [2.75, 3.05) is 23.7 Å². The van der Waals surface area contributed by atoms with Crippen LogP contribution in [0, 0.1) is 0 Å². The first-order valence-electron chi connectivity index (χ1n) is 6.23. The summed E-state index contributed by atoms with van der Waals surface area (Å²) in [5.74, 6) is 0.134. The standard InChI is InChI=1S/C11H19N3O3S/c1-2-7-18(15,16)13-10-8-12-14(9-10)11-3-5-17-6-4-11/h8-9,11,13H,2-7H2,1H3. The molecule has 0 aromatic carbocycles. The molecule has 2 heterocycles. The van der Waals surface area contributed by atoms with E-state index in [0.29, 0.717) is 18.2 Å². The van der Waals surface area contributed by atoms with Crippen molar-refractivity contribution in [2.45, 2.75) is 32.2 Å². The minimum atomic E-state index is -3.23. The van der Waals surface area contributed by atoms with Crippen molar-refractivity contribution < 1.29 is 13.2 Å². The zero-order valence-corrected chi connectivity index (χ0v) is 11.3. The SMILES string of the molecule is CCCS(=O)(=O)Nc1cnn(C2CCOCC2)c1. The van der Waals surface area contributed by atoms with Gasteiger partial charge in [0.15, 0.2) is 0 Å². The van der Waals surface area contributed by atoms with E-state index >= 15 is 0 Å². The van der Waals surface area contributed by atoms with Crippen LogP contribution in [0.4, 0.5) is 5.69 Å². The van der Waals surface area contributed by atoms with E-state index in [-0.39, 0.29) is 5.75 Å². The quantitative estimate of drug-likeness (QED) is 0.879. The molecule has 0 saturated carbocycles. The van der Waals surface area contributed by atoms with Gasteiger partial charge in [0.1, 0.15) is 0 Å². The molecule has 1 aliphatic heterocycles. The summed E-state index contributed by atoms with van der Waals surface area (Å²) in [4.78, 5) is 0. The number of nitrogens with one attached hydrogen (secondary N) is 1. The van der Waals surface area contributed by atoms with Gasteiger partial charge in [0, 0.05) is 19.4 Å². The van der Waals surface area contributed by atoms with Crippen molar-refractivity contribution in [3.05, 3.63) is 12.4 Å². The van der Waals surface area contributed by atoms with Crippen molar-refractivity contribution in [1.29, 1.82) is 0 Å². The lowest BCUT2D eigenvalue weighted by Crippen LogP contribution is -2.20. The molecule has 1 aromatic rings. The molecule has 102 valence electrons. The normalized spacial score (nSPS) is 17.8. The Hall–Kier alpha value is -1.08. The van der Waals surface area contributed by atoms with Gasteiger partial charge in [-0.05, 0) is 19.3 Å². The van der Waals surface area contributed by atoms with E-state index in [1.165, 1.54) is 0 Å². The second-order valence-corrected chi connectivity index (χ2v) is 6.32. The third-order valence-corrected chi connectivity index (χ3v) is 4.41. The lowest BCUT2D eigenvalue weighted by Gasteiger charge is -2.22. The summed E-state index contributed by atoms with van der Waals surface area (Å²) in [6, 6.07) is 0.308. The highest BCUT2D eigenvalue weighted by atomic mass is 32.2. The molecular weight excluding hydrogens is 254 g/mol. The number of hydrogen-bond acceptors (Lipinski definition) is 4. The molecule has 0 unspecified atom stereocenters. The summed E-state index contributed by atoms with van der Waals surface area (Å²) in [5, 5.41) is 4.22. The molecule has 1 N–H and O–H groups in total. The molecule has 0 bridgehead atoms. The van der Waals surface area contributed by atoms with Crippen LogP contribution in [0.5, 0.6) is 0 Å². The highest BCUT2D eigenvalue weighted by Gasteiger charge is 2.17. The molecular formula is C11H19N3O3S. The van der Waals surface area contributed by atoms with Gasteiger partial charge in [0.25, 0.3) is 0 Å². The van der Waals surface area contributed by atoms with Gasteiger partial charge in [0.2, 0.25) is 10.0 Å². The van der Waals surface area contributed by atoms with Gasteiger partial charge in [-0.1, -0.05) is 6.92 Å². The Balaban J connectivity index is 2.01. The zero-order chi connectivity index (χ0) is 13.0. The molecule has 1 aromatic heterocycles. The van der Waals surface area contributed by atoms with Crippen LogP contribution >= 0.6 is 0 Å². The van der Waals surface area contributed by atoms with Crippen molar-refractivity contribution in [3.8, 4) is 0 Å². The number of nitrogens with zero attached hydrogens (tertiary/aromatic N) is 2. The smallest absolute Gasteiger partial charge is 0.232 e. The highest BCUT2D eigenvalue weighted by molar-refractivity contribution is 7.92. The van der Waals surface area contributed by atoms with Crippen LogP contribution in [0.3, 0.4) is 0 Å². The Labute approximate surface area is 107 Å². The van der Waals surface area contributed by atoms with Gasteiger partial charge in [-0.3, -0.25) is 9.40 Å². The largest absolute Gasteiger partial charge is 0.381 e. The van der Waals surface area contributed by atoms with E-state index < -0.39 is 10.0 Å². The molecule has 0 spiro atoms. The van der Waals surface area contributed by atoms with Crippen LogP contribution in [0.1, 0.15) is 32.2 Å². The maximum atomic E-state index is 11.6. The second-order valence-electron chi connectivity index (χ2n) is 4.47. The second kappa shape index (κ2) is 5.71. The minimum absolute atomic E-state index is 0.134. The molecule has 0 radical (unpaired) electrons. The summed E-state index contributed by atoms with van der Waals surface area (Å²) in [6.45, 7) is 3.31. The maximum Gasteiger partial charge on any atom is 0.232 e. The first-order valence-corrected chi connectivity index (χ1v) is 7.88. The van der Waals surface area contributed by atoms with Crippen LogP contribution in [0.2, 0.25) is 0 Å². The van der Waals surface area contributed by atoms with Crippen molar-refractivity contribution >= 4 is 15.7 Å². The summed E-state index contributed by atoms with van der Waals surface area (Å²) in [6.07, 6.45) is 5.75. The van der Waals surface area contributed by atoms with Gasteiger partial charge >= 0.3 is 0 Å². The van der Waals surface area contributed by atoms with Gasteiger partial charge in [-0.25, -0.2) is 8.42 Å². The maximum absolute atomic E-state index is 11.6. The summed E-state index contributed by atoms with van der Waals surface area (Å²) >= 11 is 0. The fraction of sp³-hybridized carbons (Fsp3) is 0.727. The molecule has 1 fully saturated rings. The third kappa shape index (κ3) is 3.46. The topological polar surface area (TPSA) is 73.2 Å². The monoisotopic (exact) mass is 273 g/mol. The van der Waals surface area contributed by atoms with E-state index in [4.69, 9.17) is 4.74 Å². The Morgan fingerprint density at radius 2 is 2.22 bits per heavy atom. The number of hydrogen-bond donors (Lipinski definition) is 1. The van der Waals surface area contributed by atoms with Crippen molar-refractivity contribution in [3.63, 3.8) is 0 Å².